The van der Waals surface area contributed by atoms with Crippen LogP contribution in [-0.4, -0.2) is 41.1 Å². The summed E-state index contributed by atoms with van der Waals surface area (Å²) in [5.74, 6) is -1.58. The van der Waals surface area contributed by atoms with Gasteiger partial charge in [0.1, 0.15) is 6.10 Å². The molecule has 0 spiro atoms. The van der Waals surface area contributed by atoms with E-state index < -0.39 is 33.3 Å². The van der Waals surface area contributed by atoms with Crippen LogP contribution in [0.4, 0.5) is 0 Å². The average Bonchev–Trinajstić information content (AvgIpc) is 2.36. The van der Waals surface area contributed by atoms with Crippen LogP contribution in [0.3, 0.4) is 0 Å². The summed E-state index contributed by atoms with van der Waals surface area (Å²) in [4.78, 5) is 10.6. The number of aliphatic hydroxyl groups is 2. The topological polar surface area (TPSA) is 112 Å². The third-order valence-electron chi connectivity index (χ3n) is 2.70. The van der Waals surface area contributed by atoms with Gasteiger partial charge in [0.15, 0.2) is 15.9 Å². The van der Waals surface area contributed by atoms with Crippen LogP contribution in [-0.2, 0) is 14.6 Å². The second kappa shape index (κ2) is 5.68. The number of aliphatic hydroxyl groups excluding tert-OH is 2. The molecule has 1 rings (SSSR count). The van der Waals surface area contributed by atoms with Gasteiger partial charge in [-0.05, 0) is 31.5 Å². The molecule has 0 fully saturated rings. The van der Waals surface area contributed by atoms with Gasteiger partial charge in [-0.1, -0.05) is 12.1 Å². The number of carboxylic acid groups (broad SMARTS) is 1. The van der Waals surface area contributed by atoms with Gasteiger partial charge < -0.3 is 15.3 Å². The predicted molar refractivity (Wildman–Crippen MR) is 67.4 cm³/mol. The molecule has 6 nitrogen and oxygen atoms in total. The molecule has 3 N–H and O–H groups in total. The first kappa shape index (κ1) is 15.6. The fraction of sp³-hybridized carbons (Fsp3) is 0.417. The number of carbonyl (C=O) groups is 1. The first-order valence-electron chi connectivity index (χ1n) is 5.60. The molecule has 7 heteroatoms. The summed E-state index contributed by atoms with van der Waals surface area (Å²) in [6, 6.07) is 5.28. The highest BCUT2D eigenvalue weighted by Crippen LogP contribution is 2.23. The van der Waals surface area contributed by atoms with Crippen molar-refractivity contribution in [2.45, 2.75) is 36.2 Å². The van der Waals surface area contributed by atoms with Crippen LogP contribution in [0.1, 0.15) is 25.5 Å². The van der Waals surface area contributed by atoms with E-state index in [9.17, 15) is 23.4 Å². The highest BCUT2D eigenvalue weighted by molar-refractivity contribution is 7.92. The molecule has 19 heavy (non-hydrogen) atoms. The van der Waals surface area contributed by atoms with Crippen molar-refractivity contribution >= 4 is 15.8 Å². The Morgan fingerprint density at radius 3 is 2.26 bits per heavy atom. The summed E-state index contributed by atoms with van der Waals surface area (Å²) in [6.45, 7) is 3.04. The van der Waals surface area contributed by atoms with Gasteiger partial charge in [-0.3, -0.25) is 0 Å². The minimum absolute atomic E-state index is 0.0170. The molecule has 0 aliphatic rings. The van der Waals surface area contributed by atoms with Crippen LogP contribution < -0.4 is 0 Å². The third kappa shape index (κ3) is 3.31. The summed E-state index contributed by atoms with van der Waals surface area (Å²) < 4.78 is 23.9. The molecule has 0 heterocycles. The fourth-order valence-corrected chi connectivity index (χ4v) is 2.58. The summed E-state index contributed by atoms with van der Waals surface area (Å²) in [6.07, 6.45) is -3.68. The Kier molecular flexibility index (Phi) is 4.67. The Balaban J connectivity index is 3.18. The maximum absolute atomic E-state index is 12.0. The van der Waals surface area contributed by atoms with E-state index in [0.717, 1.165) is 0 Å². The van der Waals surface area contributed by atoms with Gasteiger partial charge in [0.25, 0.3) is 0 Å². The number of hydrogen-bond donors (Lipinski definition) is 3. The van der Waals surface area contributed by atoms with Gasteiger partial charge in [-0.25, -0.2) is 13.2 Å². The Bertz CT molecular complexity index is 563. The van der Waals surface area contributed by atoms with E-state index in [1.807, 2.05) is 0 Å². The quantitative estimate of drug-likeness (QED) is 0.720. The molecule has 106 valence electrons. The van der Waals surface area contributed by atoms with Crippen LogP contribution in [0, 0.1) is 0 Å². The molecule has 1 aromatic carbocycles. The van der Waals surface area contributed by atoms with E-state index in [1.54, 1.807) is 0 Å². The molecule has 0 saturated carbocycles. The summed E-state index contributed by atoms with van der Waals surface area (Å²) in [5, 5.41) is 26.9. The highest BCUT2D eigenvalue weighted by atomic mass is 32.2. The molecule has 0 aliphatic heterocycles. The summed E-state index contributed by atoms with van der Waals surface area (Å²) >= 11 is 0. The average molecular weight is 288 g/mol. The molecule has 0 aliphatic carbocycles. The Labute approximate surface area is 111 Å². The summed E-state index contributed by atoms with van der Waals surface area (Å²) in [5.41, 5.74) is 0.0385. The second-order valence-electron chi connectivity index (χ2n) is 4.39. The lowest BCUT2D eigenvalue weighted by Crippen LogP contribution is -2.27. The lowest BCUT2D eigenvalue weighted by Gasteiger charge is -2.16. The van der Waals surface area contributed by atoms with Crippen molar-refractivity contribution in [1.82, 2.24) is 0 Å². The zero-order chi connectivity index (χ0) is 14.8. The molecule has 0 aromatic heterocycles. The van der Waals surface area contributed by atoms with E-state index >= 15 is 0 Å². The van der Waals surface area contributed by atoms with E-state index in [1.165, 1.54) is 38.1 Å². The molecular formula is C12H16O6S. The number of hydrogen-bond acceptors (Lipinski definition) is 5. The van der Waals surface area contributed by atoms with E-state index in [0.29, 0.717) is 0 Å². The van der Waals surface area contributed by atoms with Crippen LogP contribution in [0.15, 0.2) is 29.2 Å². The maximum Gasteiger partial charge on any atom is 0.335 e. The molecule has 2 atom stereocenters. The standard InChI is InChI=1S/C12H16O6S/c1-7(2)19(17,18)9-5-3-4-8(6-9)10(13)11(14)12(15)16/h3-7,10-11,13-14H,1-2H3,(H,15,16). The molecule has 1 aromatic rings. The van der Waals surface area contributed by atoms with Crippen molar-refractivity contribution in [3.63, 3.8) is 0 Å². The highest BCUT2D eigenvalue weighted by Gasteiger charge is 2.27. The first-order chi connectivity index (χ1) is 8.67. The minimum atomic E-state index is -3.52. The third-order valence-corrected chi connectivity index (χ3v) is 4.85. The molecular weight excluding hydrogens is 272 g/mol. The number of carboxylic acids is 1. The predicted octanol–water partition coefficient (Wildman–Crippen LogP) is 0.348. The normalized spacial score (nSPS) is 15.2. The van der Waals surface area contributed by atoms with Crippen molar-refractivity contribution in [3.8, 4) is 0 Å². The van der Waals surface area contributed by atoms with Crippen LogP contribution in [0.5, 0.6) is 0 Å². The number of rotatable bonds is 5. The molecule has 0 radical (unpaired) electrons. The first-order valence-corrected chi connectivity index (χ1v) is 7.15. The number of benzene rings is 1. The van der Waals surface area contributed by atoms with Crippen molar-refractivity contribution in [1.29, 1.82) is 0 Å². The zero-order valence-corrected chi connectivity index (χ0v) is 11.3. The monoisotopic (exact) mass is 288 g/mol. The van der Waals surface area contributed by atoms with Gasteiger partial charge in [0.2, 0.25) is 0 Å². The molecule has 0 bridgehead atoms. The van der Waals surface area contributed by atoms with E-state index in [-0.39, 0.29) is 10.5 Å². The Hall–Kier alpha value is -1.44. The molecule has 0 amide bonds. The zero-order valence-electron chi connectivity index (χ0n) is 10.5. The van der Waals surface area contributed by atoms with Gasteiger partial charge in [-0.2, -0.15) is 0 Å². The van der Waals surface area contributed by atoms with Crippen LogP contribution in [0.2, 0.25) is 0 Å². The fourth-order valence-electron chi connectivity index (χ4n) is 1.47. The SMILES string of the molecule is CC(C)S(=O)(=O)c1cccc(C(O)C(O)C(=O)O)c1. The Morgan fingerprint density at radius 2 is 1.79 bits per heavy atom. The van der Waals surface area contributed by atoms with Crippen molar-refractivity contribution in [2.75, 3.05) is 0 Å². The smallest absolute Gasteiger partial charge is 0.335 e. The van der Waals surface area contributed by atoms with Gasteiger partial charge in [0.05, 0.1) is 10.1 Å². The van der Waals surface area contributed by atoms with Crippen LogP contribution in [0.25, 0.3) is 0 Å². The maximum atomic E-state index is 12.0. The Morgan fingerprint density at radius 1 is 1.21 bits per heavy atom. The van der Waals surface area contributed by atoms with Crippen molar-refractivity contribution < 1.29 is 28.5 Å². The van der Waals surface area contributed by atoms with Crippen molar-refractivity contribution in [2.24, 2.45) is 0 Å². The number of aliphatic carboxylic acids is 1. The van der Waals surface area contributed by atoms with Crippen LogP contribution >= 0.6 is 0 Å². The van der Waals surface area contributed by atoms with Crippen molar-refractivity contribution in [3.05, 3.63) is 29.8 Å². The van der Waals surface area contributed by atoms with Gasteiger partial charge >= 0.3 is 5.97 Å². The molecule has 0 saturated heterocycles. The number of sulfone groups is 1. The summed E-state index contributed by atoms with van der Waals surface area (Å²) in [7, 11) is -3.52. The lowest BCUT2D eigenvalue weighted by atomic mass is 10.0. The second-order valence-corrected chi connectivity index (χ2v) is 6.90. The van der Waals surface area contributed by atoms with E-state index in [4.69, 9.17) is 5.11 Å². The van der Waals surface area contributed by atoms with Gasteiger partial charge in [0, 0.05) is 0 Å². The van der Waals surface area contributed by atoms with E-state index in [2.05, 4.69) is 0 Å². The minimum Gasteiger partial charge on any atom is -0.479 e. The largest absolute Gasteiger partial charge is 0.479 e. The van der Waals surface area contributed by atoms with Gasteiger partial charge in [-0.15, -0.1) is 0 Å². The lowest BCUT2D eigenvalue weighted by molar-refractivity contribution is -0.153. The molecule has 2 unspecified atom stereocenters.